The largest absolute Gasteiger partial charge is 0.507 e. The van der Waals surface area contributed by atoms with E-state index in [-0.39, 0.29) is 22.9 Å². The van der Waals surface area contributed by atoms with Crippen LogP contribution in [0.2, 0.25) is 10.0 Å². The lowest BCUT2D eigenvalue weighted by Gasteiger charge is -2.35. The van der Waals surface area contributed by atoms with Crippen molar-refractivity contribution in [2.75, 3.05) is 7.11 Å². The maximum Gasteiger partial charge on any atom is 0.295 e. The Bertz CT molecular complexity index is 1040. The number of hydrogen-bond acceptors (Lipinski definition) is 4. The van der Waals surface area contributed by atoms with Crippen molar-refractivity contribution in [1.82, 2.24) is 4.90 Å². The topological polar surface area (TPSA) is 66.8 Å². The van der Waals surface area contributed by atoms with Crippen LogP contribution in [0.3, 0.4) is 0 Å². The van der Waals surface area contributed by atoms with Crippen molar-refractivity contribution in [3.05, 3.63) is 69.2 Å². The molecule has 4 rings (SSSR count). The average molecular weight is 460 g/mol. The number of likely N-dealkylation sites (tertiary alicyclic amines) is 1. The summed E-state index contributed by atoms with van der Waals surface area (Å²) in [6.45, 7) is 0. The second-order valence-electron chi connectivity index (χ2n) is 7.89. The number of hydrogen-bond donors (Lipinski definition) is 1. The molecular formula is C24H23Cl2NO4. The normalized spacial score (nSPS) is 21.5. The molecule has 0 bridgehead atoms. The third-order valence-electron chi connectivity index (χ3n) is 6.05. The molecule has 5 nitrogen and oxygen atoms in total. The van der Waals surface area contributed by atoms with E-state index < -0.39 is 17.7 Å². The Hall–Kier alpha value is -2.50. The molecule has 2 aromatic rings. The van der Waals surface area contributed by atoms with Crippen LogP contribution in [-0.4, -0.2) is 34.8 Å². The number of benzene rings is 2. The lowest BCUT2D eigenvalue weighted by Crippen LogP contribution is -2.40. The number of carbonyl (C=O) groups excluding carboxylic acids is 2. The number of carbonyl (C=O) groups is 2. The minimum absolute atomic E-state index is 0.0402. The zero-order valence-corrected chi connectivity index (χ0v) is 18.6. The van der Waals surface area contributed by atoms with Gasteiger partial charge >= 0.3 is 0 Å². The smallest absolute Gasteiger partial charge is 0.295 e. The van der Waals surface area contributed by atoms with Crippen molar-refractivity contribution in [2.24, 2.45) is 0 Å². The molecule has 1 saturated heterocycles. The average Bonchev–Trinajstić information content (AvgIpc) is 3.05. The van der Waals surface area contributed by atoms with Crippen LogP contribution >= 0.6 is 23.2 Å². The monoisotopic (exact) mass is 459 g/mol. The number of aliphatic hydroxyl groups is 1. The summed E-state index contributed by atoms with van der Waals surface area (Å²) in [5.74, 6) is -1.23. The summed E-state index contributed by atoms with van der Waals surface area (Å²) in [5.41, 5.74) is 1.03. The molecular weight excluding hydrogens is 437 g/mol. The lowest BCUT2D eigenvalue weighted by molar-refractivity contribution is -0.141. The number of methoxy groups -OCH3 is 1. The van der Waals surface area contributed by atoms with Crippen LogP contribution in [0.15, 0.2) is 48.0 Å². The molecule has 1 amide bonds. The van der Waals surface area contributed by atoms with Gasteiger partial charge in [-0.1, -0.05) is 54.6 Å². The Kier molecular flexibility index (Phi) is 6.26. The molecule has 1 unspecified atom stereocenters. The van der Waals surface area contributed by atoms with Crippen molar-refractivity contribution in [1.29, 1.82) is 0 Å². The number of ether oxygens (including phenoxy) is 1. The van der Waals surface area contributed by atoms with Crippen LogP contribution in [0.4, 0.5) is 0 Å². The number of aliphatic hydroxyl groups excluding tert-OH is 1. The minimum atomic E-state index is -0.705. The van der Waals surface area contributed by atoms with E-state index in [0.717, 1.165) is 37.7 Å². The SMILES string of the molecule is COc1ccc(Cl)cc1/C(O)=C1\C(=O)C(=O)N(C2CCCCC2)C1c1ccc(Cl)cc1. The molecule has 0 aromatic heterocycles. The first-order valence-electron chi connectivity index (χ1n) is 10.3. The first kappa shape index (κ1) is 21.7. The van der Waals surface area contributed by atoms with E-state index in [9.17, 15) is 14.7 Å². The van der Waals surface area contributed by atoms with Crippen molar-refractivity contribution in [2.45, 2.75) is 44.2 Å². The van der Waals surface area contributed by atoms with Gasteiger partial charge in [0.1, 0.15) is 11.5 Å². The van der Waals surface area contributed by atoms with Gasteiger partial charge in [-0.05, 0) is 48.7 Å². The molecule has 31 heavy (non-hydrogen) atoms. The van der Waals surface area contributed by atoms with Crippen LogP contribution in [0.1, 0.15) is 49.3 Å². The van der Waals surface area contributed by atoms with Gasteiger partial charge in [-0.2, -0.15) is 0 Å². The quantitative estimate of drug-likeness (QED) is 0.358. The summed E-state index contributed by atoms with van der Waals surface area (Å²) >= 11 is 12.2. The summed E-state index contributed by atoms with van der Waals surface area (Å²) in [6.07, 6.45) is 4.78. The van der Waals surface area contributed by atoms with E-state index >= 15 is 0 Å². The molecule has 2 fully saturated rings. The fraction of sp³-hybridized carbons (Fsp3) is 0.333. The Morgan fingerprint density at radius 1 is 1.00 bits per heavy atom. The van der Waals surface area contributed by atoms with Crippen LogP contribution in [0, 0.1) is 0 Å². The molecule has 2 aromatic carbocycles. The Labute approximate surface area is 191 Å². The van der Waals surface area contributed by atoms with Gasteiger partial charge in [0.25, 0.3) is 11.7 Å². The van der Waals surface area contributed by atoms with Gasteiger partial charge in [0, 0.05) is 16.1 Å². The molecule has 7 heteroatoms. The van der Waals surface area contributed by atoms with Gasteiger partial charge in [-0.3, -0.25) is 9.59 Å². The van der Waals surface area contributed by atoms with Crippen LogP contribution < -0.4 is 4.74 Å². The Morgan fingerprint density at radius 3 is 2.29 bits per heavy atom. The fourth-order valence-electron chi connectivity index (χ4n) is 4.57. The van der Waals surface area contributed by atoms with Gasteiger partial charge in [-0.15, -0.1) is 0 Å². The van der Waals surface area contributed by atoms with Crippen molar-refractivity contribution in [3.63, 3.8) is 0 Å². The maximum absolute atomic E-state index is 13.2. The molecule has 0 spiro atoms. The third kappa shape index (κ3) is 4.04. The van der Waals surface area contributed by atoms with Gasteiger partial charge in [0.05, 0.1) is 24.3 Å². The first-order valence-corrected chi connectivity index (χ1v) is 11.1. The van der Waals surface area contributed by atoms with Gasteiger partial charge in [0.2, 0.25) is 0 Å². The van der Waals surface area contributed by atoms with Crippen LogP contribution in [-0.2, 0) is 9.59 Å². The Balaban J connectivity index is 1.91. The number of Topliss-reactive ketones (excluding diaryl/α,β-unsaturated/α-hetero) is 1. The zero-order chi connectivity index (χ0) is 22.1. The summed E-state index contributed by atoms with van der Waals surface area (Å²) in [6, 6.07) is 11.0. The van der Waals surface area contributed by atoms with E-state index in [1.165, 1.54) is 13.2 Å². The minimum Gasteiger partial charge on any atom is -0.507 e. The van der Waals surface area contributed by atoms with Gasteiger partial charge < -0.3 is 14.7 Å². The van der Waals surface area contributed by atoms with E-state index in [1.54, 1.807) is 41.3 Å². The number of nitrogens with zero attached hydrogens (tertiary/aromatic N) is 1. The number of ketones is 1. The summed E-state index contributed by atoms with van der Waals surface area (Å²) in [7, 11) is 1.47. The van der Waals surface area contributed by atoms with E-state index in [2.05, 4.69) is 0 Å². The van der Waals surface area contributed by atoms with Gasteiger partial charge in [0.15, 0.2) is 0 Å². The zero-order valence-electron chi connectivity index (χ0n) is 17.1. The first-order chi connectivity index (χ1) is 14.9. The second kappa shape index (κ2) is 8.93. The number of halogens is 2. The van der Waals surface area contributed by atoms with E-state index in [0.29, 0.717) is 15.8 Å². The van der Waals surface area contributed by atoms with Crippen LogP contribution in [0.5, 0.6) is 5.75 Å². The van der Waals surface area contributed by atoms with E-state index in [4.69, 9.17) is 27.9 Å². The molecule has 0 radical (unpaired) electrons. The number of amides is 1. The molecule has 1 saturated carbocycles. The molecule has 1 heterocycles. The number of rotatable bonds is 4. The lowest BCUT2D eigenvalue weighted by atomic mass is 9.91. The Morgan fingerprint density at radius 2 is 1.65 bits per heavy atom. The van der Waals surface area contributed by atoms with E-state index in [1.807, 2.05) is 0 Å². The van der Waals surface area contributed by atoms with Crippen molar-refractivity contribution >= 4 is 40.7 Å². The third-order valence-corrected chi connectivity index (χ3v) is 6.54. The van der Waals surface area contributed by atoms with Gasteiger partial charge in [-0.25, -0.2) is 0 Å². The highest BCUT2D eigenvalue weighted by Crippen LogP contribution is 2.44. The predicted molar refractivity (Wildman–Crippen MR) is 120 cm³/mol. The maximum atomic E-state index is 13.2. The van der Waals surface area contributed by atoms with Crippen molar-refractivity contribution < 1.29 is 19.4 Å². The molecule has 1 aliphatic carbocycles. The highest BCUT2D eigenvalue weighted by Gasteiger charge is 2.49. The highest BCUT2D eigenvalue weighted by atomic mass is 35.5. The molecule has 2 aliphatic rings. The molecule has 162 valence electrons. The molecule has 1 atom stereocenters. The van der Waals surface area contributed by atoms with Crippen molar-refractivity contribution in [3.8, 4) is 5.75 Å². The summed E-state index contributed by atoms with van der Waals surface area (Å²) < 4.78 is 5.36. The predicted octanol–water partition coefficient (Wildman–Crippen LogP) is 5.76. The van der Waals surface area contributed by atoms with Crippen LogP contribution in [0.25, 0.3) is 5.76 Å². The summed E-state index contributed by atoms with van der Waals surface area (Å²) in [4.78, 5) is 28.0. The highest BCUT2D eigenvalue weighted by molar-refractivity contribution is 6.46. The standard InChI is InChI=1S/C24H23Cl2NO4/c1-31-19-12-11-16(26)13-18(19)22(28)20-21(14-7-9-15(25)10-8-14)27(24(30)23(20)29)17-5-3-2-4-6-17/h7-13,17,21,28H,2-6H2,1H3/b22-20+. The summed E-state index contributed by atoms with van der Waals surface area (Å²) in [5, 5.41) is 12.2. The molecule has 1 aliphatic heterocycles. The molecule has 1 N–H and O–H groups in total. The second-order valence-corrected chi connectivity index (χ2v) is 8.77. The fourth-order valence-corrected chi connectivity index (χ4v) is 4.87.